The van der Waals surface area contributed by atoms with Crippen LogP contribution in [0.25, 0.3) is 0 Å². The molecule has 104 valence electrons. The zero-order valence-corrected chi connectivity index (χ0v) is 12.3. The summed E-state index contributed by atoms with van der Waals surface area (Å²) in [5, 5.41) is 3.34. The summed E-state index contributed by atoms with van der Waals surface area (Å²) in [4.78, 5) is 24.5. The number of rotatable bonds is 5. The molecule has 0 radical (unpaired) electrons. The number of nitrogens with zero attached hydrogens (tertiary/aromatic N) is 1. The Kier molecular flexibility index (Phi) is 5.83. The van der Waals surface area contributed by atoms with Crippen LogP contribution in [0.2, 0.25) is 5.02 Å². The van der Waals surface area contributed by atoms with E-state index in [-0.39, 0.29) is 11.8 Å². The lowest BCUT2D eigenvalue weighted by Gasteiger charge is -2.23. The van der Waals surface area contributed by atoms with Gasteiger partial charge in [0.05, 0.1) is 0 Å². The highest BCUT2D eigenvalue weighted by molar-refractivity contribution is 6.31. The van der Waals surface area contributed by atoms with Gasteiger partial charge in [-0.05, 0) is 24.6 Å². The summed E-state index contributed by atoms with van der Waals surface area (Å²) in [6.07, 6.45) is 0.441. The van der Waals surface area contributed by atoms with Crippen molar-refractivity contribution in [3.63, 3.8) is 0 Å². The SMILES string of the molecule is CCC(=O)NCCN(C(C)=O)c1cc(Cl)ccc1C. The maximum absolute atomic E-state index is 11.7. The maximum atomic E-state index is 11.7. The summed E-state index contributed by atoms with van der Waals surface area (Å²) < 4.78 is 0. The molecule has 1 rings (SSSR count). The van der Waals surface area contributed by atoms with E-state index in [0.717, 1.165) is 11.3 Å². The van der Waals surface area contributed by atoms with E-state index >= 15 is 0 Å². The normalized spacial score (nSPS) is 10.1. The van der Waals surface area contributed by atoms with Gasteiger partial charge < -0.3 is 10.2 Å². The highest BCUT2D eigenvalue weighted by Gasteiger charge is 2.14. The molecule has 5 heteroatoms. The third-order valence-electron chi connectivity index (χ3n) is 2.82. The molecule has 2 amide bonds. The van der Waals surface area contributed by atoms with Crippen LogP contribution in [0.3, 0.4) is 0 Å². The van der Waals surface area contributed by atoms with Crippen LogP contribution in [-0.4, -0.2) is 24.9 Å². The van der Waals surface area contributed by atoms with E-state index in [4.69, 9.17) is 11.6 Å². The molecular weight excluding hydrogens is 264 g/mol. The highest BCUT2D eigenvalue weighted by Crippen LogP contribution is 2.24. The lowest BCUT2D eigenvalue weighted by atomic mass is 10.2. The fraction of sp³-hybridized carbons (Fsp3) is 0.429. The van der Waals surface area contributed by atoms with Gasteiger partial charge in [0.15, 0.2) is 0 Å². The van der Waals surface area contributed by atoms with Crippen molar-refractivity contribution in [1.29, 1.82) is 0 Å². The van der Waals surface area contributed by atoms with Gasteiger partial charge in [-0.1, -0.05) is 24.6 Å². The first kappa shape index (κ1) is 15.5. The van der Waals surface area contributed by atoms with E-state index in [1.807, 2.05) is 13.0 Å². The van der Waals surface area contributed by atoms with E-state index in [9.17, 15) is 9.59 Å². The van der Waals surface area contributed by atoms with Gasteiger partial charge in [0.1, 0.15) is 0 Å². The van der Waals surface area contributed by atoms with Crippen molar-refractivity contribution in [3.8, 4) is 0 Å². The number of carbonyl (C=O) groups excluding carboxylic acids is 2. The minimum atomic E-state index is -0.0730. The van der Waals surface area contributed by atoms with Crippen molar-refractivity contribution in [2.75, 3.05) is 18.0 Å². The Labute approximate surface area is 118 Å². The van der Waals surface area contributed by atoms with Gasteiger partial charge >= 0.3 is 0 Å². The summed E-state index contributed by atoms with van der Waals surface area (Å²) >= 11 is 5.96. The average molecular weight is 283 g/mol. The van der Waals surface area contributed by atoms with E-state index in [1.165, 1.54) is 6.92 Å². The van der Waals surface area contributed by atoms with Crippen molar-refractivity contribution in [1.82, 2.24) is 5.32 Å². The zero-order valence-electron chi connectivity index (χ0n) is 11.5. The monoisotopic (exact) mass is 282 g/mol. The Morgan fingerprint density at radius 1 is 1.37 bits per heavy atom. The number of benzene rings is 1. The van der Waals surface area contributed by atoms with Gasteiger partial charge in [-0.2, -0.15) is 0 Å². The summed E-state index contributed by atoms with van der Waals surface area (Å²) in [5.41, 5.74) is 1.76. The second-order valence-corrected chi connectivity index (χ2v) is 4.74. The van der Waals surface area contributed by atoms with Gasteiger partial charge in [0.2, 0.25) is 11.8 Å². The van der Waals surface area contributed by atoms with Gasteiger partial charge in [-0.3, -0.25) is 9.59 Å². The zero-order chi connectivity index (χ0) is 14.4. The Balaban J connectivity index is 2.80. The first-order chi connectivity index (χ1) is 8.95. The number of carbonyl (C=O) groups is 2. The Morgan fingerprint density at radius 3 is 2.63 bits per heavy atom. The molecule has 0 atom stereocenters. The molecule has 0 heterocycles. The van der Waals surface area contributed by atoms with E-state index in [0.29, 0.717) is 24.5 Å². The predicted octanol–water partition coefficient (Wildman–Crippen LogP) is 2.53. The molecule has 1 N–H and O–H groups in total. The van der Waals surface area contributed by atoms with Crippen molar-refractivity contribution in [3.05, 3.63) is 28.8 Å². The lowest BCUT2D eigenvalue weighted by molar-refractivity contribution is -0.121. The largest absolute Gasteiger partial charge is 0.354 e. The fourth-order valence-electron chi connectivity index (χ4n) is 1.75. The second kappa shape index (κ2) is 7.14. The summed E-state index contributed by atoms with van der Waals surface area (Å²) in [7, 11) is 0. The minimum absolute atomic E-state index is 0.0219. The molecule has 0 aliphatic heterocycles. The molecule has 19 heavy (non-hydrogen) atoms. The first-order valence-corrected chi connectivity index (χ1v) is 6.64. The van der Waals surface area contributed by atoms with E-state index < -0.39 is 0 Å². The standard InChI is InChI=1S/C14H19ClN2O2/c1-4-14(19)16-7-8-17(11(3)18)13-9-12(15)6-5-10(13)2/h5-6,9H,4,7-8H2,1-3H3,(H,16,19). The number of hydrogen-bond donors (Lipinski definition) is 1. The van der Waals surface area contributed by atoms with Crippen LogP contribution in [0, 0.1) is 6.92 Å². The van der Waals surface area contributed by atoms with Gasteiger partial charge in [-0.25, -0.2) is 0 Å². The molecule has 0 bridgehead atoms. The van der Waals surface area contributed by atoms with Crippen LogP contribution in [-0.2, 0) is 9.59 Å². The number of nitrogens with one attached hydrogen (secondary N) is 1. The lowest BCUT2D eigenvalue weighted by Crippen LogP contribution is -2.37. The minimum Gasteiger partial charge on any atom is -0.354 e. The van der Waals surface area contributed by atoms with Gasteiger partial charge in [0, 0.05) is 37.1 Å². The average Bonchev–Trinajstić information content (AvgIpc) is 2.37. The third-order valence-corrected chi connectivity index (χ3v) is 3.06. The molecule has 1 aromatic rings. The third kappa shape index (κ3) is 4.56. The van der Waals surface area contributed by atoms with Crippen molar-refractivity contribution in [2.45, 2.75) is 27.2 Å². The topological polar surface area (TPSA) is 49.4 Å². The molecule has 0 saturated heterocycles. The first-order valence-electron chi connectivity index (χ1n) is 6.26. The molecule has 0 unspecified atom stereocenters. The summed E-state index contributed by atoms with van der Waals surface area (Å²) in [6.45, 7) is 6.08. The van der Waals surface area contributed by atoms with Crippen LogP contribution < -0.4 is 10.2 Å². The Morgan fingerprint density at radius 2 is 2.05 bits per heavy atom. The molecule has 0 spiro atoms. The van der Waals surface area contributed by atoms with Crippen LogP contribution in [0.15, 0.2) is 18.2 Å². The molecule has 0 saturated carbocycles. The predicted molar refractivity (Wildman–Crippen MR) is 77.5 cm³/mol. The molecule has 0 aromatic heterocycles. The molecule has 1 aromatic carbocycles. The molecule has 4 nitrogen and oxygen atoms in total. The summed E-state index contributed by atoms with van der Waals surface area (Å²) in [5.74, 6) is -0.0950. The highest BCUT2D eigenvalue weighted by atomic mass is 35.5. The quantitative estimate of drug-likeness (QED) is 0.902. The molecular formula is C14H19ClN2O2. The van der Waals surface area contributed by atoms with Crippen molar-refractivity contribution >= 4 is 29.1 Å². The maximum Gasteiger partial charge on any atom is 0.223 e. The number of hydrogen-bond acceptors (Lipinski definition) is 2. The molecule has 0 aliphatic rings. The number of amides is 2. The van der Waals surface area contributed by atoms with Crippen molar-refractivity contribution in [2.24, 2.45) is 0 Å². The number of halogens is 1. The number of anilines is 1. The van der Waals surface area contributed by atoms with Crippen LogP contribution in [0.5, 0.6) is 0 Å². The van der Waals surface area contributed by atoms with Gasteiger partial charge in [0.25, 0.3) is 0 Å². The smallest absolute Gasteiger partial charge is 0.223 e. The van der Waals surface area contributed by atoms with Crippen LogP contribution in [0.1, 0.15) is 25.8 Å². The Hall–Kier alpha value is -1.55. The second-order valence-electron chi connectivity index (χ2n) is 4.30. The van der Waals surface area contributed by atoms with E-state index in [1.54, 1.807) is 24.0 Å². The fourth-order valence-corrected chi connectivity index (χ4v) is 1.92. The van der Waals surface area contributed by atoms with Crippen LogP contribution >= 0.6 is 11.6 Å². The molecule has 0 aliphatic carbocycles. The van der Waals surface area contributed by atoms with E-state index in [2.05, 4.69) is 5.32 Å². The van der Waals surface area contributed by atoms with Crippen molar-refractivity contribution < 1.29 is 9.59 Å². The Bertz CT molecular complexity index is 475. The summed E-state index contributed by atoms with van der Waals surface area (Å²) in [6, 6.07) is 5.43. The van der Waals surface area contributed by atoms with Gasteiger partial charge in [-0.15, -0.1) is 0 Å². The number of aryl methyl sites for hydroxylation is 1. The molecule has 0 fully saturated rings. The van der Waals surface area contributed by atoms with Crippen LogP contribution in [0.4, 0.5) is 5.69 Å².